The fraction of sp³-hybridized carbons (Fsp3) is 0.154. The van der Waals surface area contributed by atoms with Gasteiger partial charge >= 0.3 is 0 Å². The van der Waals surface area contributed by atoms with E-state index in [9.17, 15) is 0 Å². The van der Waals surface area contributed by atoms with Gasteiger partial charge in [-0.15, -0.1) is 0 Å². The number of nitrogens with zero attached hydrogens (tertiary/aromatic N) is 3. The Bertz CT molecular complexity index is 700. The maximum Gasteiger partial charge on any atom is 0.140 e. The third kappa shape index (κ3) is 1.67. The Hall–Kier alpha value is -1.30. The number of fused-ring (bicyclic) bond motifs is 3. The van der Waals surface area contributed by atoms with Crippen LogP contribution < -0.4 is 4.90 Å². The van der Waals surface area contributed by atoms with E-state index in [1.165, 1.54) is 9.39 Å². The van der Waals surface area contributed by atoms with Crippen molar-refractivity contribution in [2.24, 2.45) is 0 Å². The van der Waals surface area contributed by atoms with Crippen LogP contribution in [0.3, 0.4) is 0 Å². The van der Waals surface area contributed by atoms with Crippen molar-refractivity contribution in [3.63, 3.8) is 0 Å². The van der Waals surface area contributed by atoms with Gasteiger partial charge in [-0.25, -0.2) is 4.98 Å². The van der Waals surface area contributed by atoms with Crippen LogP contribution in [0.2, 0.25) is 0 Å². The van der Waals surface area contributed by atoms with Gasteiger partial charge in [0.1, 0.15) is 5.65 Å². The maximum absolute atomic E-state index is 4.65. The maximum atomic E-state index is 4.65. The summed E-state index contributed by atoms with van der Waals surface area (Å²) in [6.45, 7) is 0. The number of aromatic nitrogens is 2. The van der Waals surface area contributed by atoms with Gasteiger partial charge in [-0.1, -0.05) is 12.1 Å². The molecule has 0 radical (unpaired) electrons. The van der Waals surface area contributed by atoms with Crippen LogP contribution >= 0.6 is 22.6 Å². The molecule has 3 aromatic rings. The Morgan fingerprint density at radius 2 is 1.94 bits per heavy atom. The van der Waals surface area contributed by atoms with Crippen LogP contribution in [-0.4, -0.2) is 23.5 Å². The summed E-state index contributed by atoms with van der Waals surface area (Å²) in [6, 6.07) is 12.5. The first kappa shape index (κ1) is 10.8. The number of anilines is 1. The molecule has 0 fully saturated rings. The molecule has 0 saturated heterocycles. The lowest BCUT2D eigenvalue weighted by Crippen LogP contribution is -2.09. The SMILES string of the molecule is CN(C)c1cc(I)n2c(c1)nc1ccccc12. The van der Waals surface area contributed by atoms with Crippen molar-refractivity contribution in [3.05, 3.63) is 40.1 Å². The molecule has 0 bridgehead atoms. The standard InChI is InChI=1S/C13H12IN3/c1-16(2)9-7-12(14)17-11-6-4-3-5-10(11)15-13(17)8-9/h3-8H,1-2H3. The molecule has 3 nitrogen and oxygen atoms in total. The number of rotatable bonds is 1. The predicted molar refractivity (Wildman–Crippen MR) is 79.7 cm³/mol. The summed E-state index contributed by atoms with van der Waals surface area (Å²) in [7, 11) is 4.09. The minimum absolute atomic E-state index is 1.00. The van der Waals surface area contributed by atoms with E-state index in [4.69, 9.17) is 0 Å². The van der Waals surface area contributed by atoms with E-state index in [-0.39, 0.29) is 0 Å². The van der Waals surface area contributed by atoms with Gasteiger partial charge in [0, 0.05) is 25.8 Å². The number of pyridine rings is 1. The van der Waals surface area contributed by atoms with Crippen LogP contribution in [0.1, 0.15) is 0 Å². The Morgan fingerprint density at radius 1 is 1.18 bits per heavy atom. The van der Waals surface area contributed by atoms with E-state index in [0.717, 1.165) is 16.7 Å². The second-order valence-corrected chi connectivity index (χ2v) is 5.33. The number of benzene rings is 1. The van der Waals surface area contributed by atoms with E-state index in [1.54, 1.807) is 0 Å². The number of halogens is 1. The summed E-state index contributed by atoms with van der Waals surface area (Å²) in [5, 5.41) is 0. The van der Waals surface area contributed by atoms with Gasteiger partial charge in [0.25, 0.3) is 0 Å². The van der Waals surface area contributed by atoms with Crippen molar-refractivity contribution in [1.29, 1.82) is 0 Å². The predicted octanol–water partition coefficient (Wildman–Crippen LogP) is 3.16. The lowest BCUT2D eigenvalue weighted by Gasteiger charge is -2.13. The van der Waals surface area contributed by atoms with Gasteiger partial charge < -0.3 is 4.90 Å². The third-order valence-electron chi connectivity index (χ3n) is 2.86. The average Bonchev–Trinajstić information content (AvgIpc) is 2.67. The number of imidazole rings is 1. The van der Waals surface area contributed by atoms with Gasteiger partial charge in [0.15, 0.2) is 0 Å². The van der Waals surface area contributed by atoms with Crippen molar-refractivity contribution < 1.29 is 0 Å². The summed E-state index contributed by atoms with van der Waals surface area (Å²) in [4.78, 5) is 6.75. The van der Waals surface area contributed by atoms with Crippen LogP contribution in [0.4, 0.5) is 5.69 Å². The van der Waals surface area contributed by atoms with E-state index < -0.39 is 0 Å². The van der Waals surface area contributed by atoms with Crippen molar-refractivity contribution in [1.82, 2.24) is 9.38 Å². The Kier molecular flexibility index (Phi) is 2.47. The zero-order valence-corrected chi connectivity index (χ0v) is 11.8. The fourth-order valence-corrected chi connectivity index (χ4v) is 2.81. The minimum Gasteiger partial charge on any atom is -0.377 e. The molecule has 3 rings (SSSR count). The highest BCUT2D eigenvalue weighted by atomic mass is 127. The lowest BCUT2D eigenvalue weighted by molar-refractivity contribution is 1.10. The summed E-state index contributed by atoms with van der Waals surface area (Å²) < 4.78 is 3.36. The molecule has 2 heterocycles. The van der Waals surface area contributed by atoms with Gasteiger partial charge in [-0.3, -0.25) is 4.40 Å². The molecular formula is C13H12IN3. The molecule has 0 amide bonds. The summed E-state index contributed by atoms with van der Waals surface area (Å²) in [5.41, 5.74) is 4.39. The first-order chi connectivity index (χ1) is 8.16. The van der Waals surface area contributed by atoms with Crippen LogP contribution in [0.5, 0.6) is 0 Å². The lowest BCUT2D eigenvalue weighted by atomic mass is 10.3. The molecular weight excluding hydrogens is 325 g/mol. The van der Waals surface area contributed by atoms with Gasteiger partial charge in [-0.05, 0) is 40.8 Å². The van der Waals surface area contributed by atoms with E-state index >= 15 is 0 Å². The monoisotopic (exact) mass is 337 g/mol. The molecule has 1 aromatic carbocycles. The number of hydrogen-bond donors (Lipinski definition) is 0. The topological polar surface area (TPSA) is 20.5 Å². The second-order valence-electron chi connectivity index (χ2n) is 4.22. The Labute approximate surface area is 113 Å². The highest BCUT2D eigenvalue weighted by molar-refractivity contribution is 14.1. The van der Waals surface area contributed by atoms with Gasteiger partial charge in [0.05, 0.1) is 14.7 Å². The molecule has 0 atom stereocenters. The molecule has 0 saturated carbocycles. The van der Waals surface area contributed by atoms with E-state index in [1.807, 2.05) is 32.3 Å². The Balaban J connectivity index is 2.44. The van der Waals surface area contributed by atoms with Crippen LogP contribution in [-0.2, 0) is 0 Å². The molecule has 17 heavy (non-hydrogen) atoms. The van der Waals surface area contributed by atoms with Crippen molar-refractivity contribution in [3.8, 4) is 0 Å². The summed E-state index contributed by atoms with van der Waals surface area (Å²) in [5.74, 6) is 0. The van der Waals surface area contributed by atoms with Gasteiger partial charge in [0.2, 0.25) is 0 Å². The molecule has 0 aliphatic rings. The molecule has 4 heteroatoms. The zero-order chi connectivity index (χ0) is 12.0. The fourth-order valence-electron chi connectivity index (χ4n) is 1.98. The highest BCUT2D eigenvalue weighted by Gasteiger charge is 2.08. The smallest absolute Gasteiger partial charge is 0.140 e. The molecule has 0 N–H and O–H groups in total. The largest absolute Gasteiger partial charge is 0.377 e. The second kappa shape index (κ2) is 3.87. The molecule has 0 unspecified atom stereocenters. The molecule has 86 valence electrons. The van der Waals surface area contributed by atoms with E-state index in [2.05, 4.69) is 55.1 Å². The number of hydrogen-bond acceptors (Lipinski definition) is 2. The molecule has 0 aliphatic heterocycles. The Morgan fingerprint density at radius 3 is 2.71 bits per heavy atom. The van der Waals surface area contributed by atoms with E-state index in [0.29, 0.717) is 0 Å². The highest BCUT2D eigenvalue weighted by Crippen LogP contribution is 2.24. The minimum atomic E-state index is 1.00. The number of para-hydroxylation sites is 2. The van der Waals surface area contributed by atoms with Gasteiger partial charge in [-0.2, -0.15) is 0 Å². The normalized spacial score (nSPS) is 11.2. The summed E-state index contributed by atoms with van der Waals surface area (Å²) in [6.07, 6.45) is 0. The quantitative estimate of drug-likeness (QED) is 0.502. The first-order valence-electron chi connectivity index (χ1n) is 5.41. The van der Waals surface area contributed by atoms with Crippen molar-refractivity contribution in [2.45, 2.75) is 0 Å². The van der Waals surface area contributed by atoms with Crippen LogP contribution in [0.15, 0.2) is 36.4 Å². The van der Waals surface area contributed by atoms with Crippen molar-refractivity contribution in [2.75, 3.05) is 19.0 Å². The third-order valence-corrected chi connectivity index (χ3v) is 3.65. The van der Waals surface area contributed by atoms with Crippen LogP contribution in [0, 0.1) is 3.70 Å². The van der Waals surface area contributed by atoms with Crippen molar-refractivity contribution >= 4 is 45.0 Å². The molecule has 0 aliphatic carbocycles. The van der Waals surface area contributed by atoms with Crippen LogP contribution in [0.25, 0.3) is 16.7 Å². The zero-order valence-electron chi connectivity index (χ0n) is 9.68. The summed E-state index contributed by atoms with van der Waals surface area (Å²) >= 11 is 2.36. The molecule has 0 spiro atoms. The average molecular weight is 337 g/mol. The molecule has 2 aromatic heterocycles. The first-order valence-corrected chi connectivity index (χ1v) is 6.49.